The highest BCUT2D eigenvalue weighted by Crippen LogP contribution is 2.28. The van der Waals surface area contributed by atoms with Crippen molar-refractivity contribution in [2.45, 2.75) is 32.9 Å². The van der Waals surface area contributed by atoms with E-state index >= 15 is 0 Å². The van der Waals surface area contributed by atoms with Gasteiger partial charge in [0.25, 0.3) is 0 Å². The minimum atomic E-state index is 0.211. The number of rotatable bonds is 8. The van der Waals surface area contributed by atoms with E-state index in [1.807, 2.05) is 35.1 Å². The lowest BCUT2D eigenvalue weighted by Gasteiger charge is -2.18. The van der Waals surface area contributed by atoms with E-state index in [9.17, 15) is 0 Å². The summed E-state index contributed by atoms with van der Waals surface area (Å²) in [5, 5.41) is 8.36. The van der Waals surface area contributed by atoms with Crippen LogP contribution in [0.4, 0.5) is 0 Å². The predicted octanol–water partition coefficient (Wildman–Crippen LogP) is 3.68. The van der Waals surface area contributed by atoms with Crippen LogP contribution in [0.5, 0.6) is 5.75 Å². The molecule has 0 saturated carbocycles. The number of halogens is 1. The Balaban J connectivity index is 2.00. The molecule has 0 fully saturated rings. The van der Waals surface area contributed by atoms with Gasteiger partial charge < -0.3 is 10.1 Å². The molecule has 4 nitrogen and oxygen atoms in total. The average Bonchev–Trinajstić information content (AvgIpc) is 2.99. The number of ether oxygens (including phenoxy) is 1. The molecule has 1 aromatic carbocycles. The van der Waals surface area contributed by atoms with E-state index < -0.39 is 0 Å². The first-order valence-corrected chi connectivity index (χ1v) is 7.71. The first-order valence-electron chi connectivity index (χ1n) is 7.33. The van der Waals surface area contributed by atoms with Crippen molar-refractivity contribution in [3.05, 3.63) is 47.2 Å². The van der Waals surface area contributed by atoms with Crippen LogP contribution >= 0.6 is 11.6 Å². The number of benzene rings is 1. The third-order valence-corrected chi connectivity index (χ3v) is 3.51. The molecule has 21 heavy (non-hydrogen) atoms. The fourth-order valence-electron chi connectivity index (χ4n) is 2.14. The summed E-state index contributed by atoms with van der Waals surface area (Å²) in [4.78, 5) is 0. The Hall–Kier alpha value is -1.52. The fourth-order valence-corrected chi connectivity index (χ4v) is 2.32. The Kier molecular flexibility index (Phi) is 6.08. The van der Waals surface area contributed by atoms with Crippen LogP contribution in [0.25, 0.3) is 0 Å². The number of aromatic nitrogens is 2. The van der Waals surface area contributed by atoms with E-state index in [0.717, 1.165) is 35.8 Å². The first-order chi connectivity index (χ1) is 10.2. The zero-order valence-electron chi connectivity index (χ0n) is 12.6. The summed E-state index contributed by atoms with van der Waals surface area (Å²) in [6.07, 6.45) is 4.79. The summed E-state index contributed by atoms with van der Waals surface area (Å²) in [5.74, 6) is 0.877. The highest BCUT2D eigenvalue weighted by atomic mass is 35.5. The maximum Gasteiger partial charge on any atom is 0.124 e. The van der Waals surface area contributed by atoms with Crippen LogP contribution in [0.1, 0.15) is 31.9 Å². The van der Waals surface area contributed by atoms with Crippen molar-refractivity contribution in [1.29, 1.82) is 0 Å². The second-order valence-corrected chi connectivity index (χ2v) is 5.41. The third kappa shape index (κ3) is 4.76. The SMILES string of the molecule is CCCNC(C)c1cc(Cl)ccc1OCCn1cccn1. The quantitative estimate of drug-likeness (QED) is 0.808. The van der Waals surface area contributed by atoms with Crippen molar-refractivity contribution in [3.8, 4) is 5.75 Å². The predicted molar refractivity (Wildman–Crippen MR) is 85.9 cm³/mol. The molecule has 0 aliphatic carbocycles. The molecule has 2 rings (SSSR count). The van der Waals surface area contributed by atoms with Crippen molar-refractivity contribution in [1.82, 2.24) is 15.1 Å². The maximum absolute atomic E-state index is 6.11. The lowest BCUT2D eigenvalue weighted by atomic mass is 10.1. The van der Waals surface area contributed by atoms with Gasteiger partial charge in [0.15, 0.2) is 0 Å². The second kappa shape index (κ2) is 8.05. The van der Waals surface area contributed by atoms with Gasteiger partial charge in [-0.15, -0.1) is 0 Å². The van der Waals surface area contributed by atoms with E-state index in [1.54, 1.807) is 6.20 Å². The van der Waals surface area contributed by atoms with Crippen LogP contribution in [0.15, 0.2) is 36.7 Å². The molecule has 1 heterocycles. The van der Waals surface area contributed by atoms with Gasteiger partial charge in [-0.3, -0.25) is 4.68 Å². The maximum atomic E-state index is 6.11. The molecule has 0 radical (unpaired) electrons. The molecule has 1 N–H and O–H groups in total. The highest BCUT2D eigenvalue weighted by Gasteiger charge is 2.12. The topological polar surface area (TPSA) is 39.1 Å². The van der Waals surface area contributed by atoms with Gasteiger partial charge in [0.1, 0.15) is 12.4 Å². The van der Waals surface area contributed by atoms with Crippen molar-refractivity contribution >= 4 is 11.6 Å². The van der Waals surface area contributed by atoms with E-state index in [2.05, 4.69) is 24.3 Å². The van der Waals surface area contributed by atoms with Gasteiger partial charge in [-0.1, -0.05) is 18.5 Å². The summed E-state index contributed by atoms with van der Waals surface area (Å²) in [7, 11) is 0. The molecule has 0 spiro atoms. The van der Waals surface area contributed by atoms with Crippen LogP contribution < -0.4 is 10.1 Å². The van der Waals surface area contributed by atoms with Crippen LogP contribution in [-0.2, 0) is 6.54 Å². The summed E-state index contributed by atoms with van der Waals surface area (Å²) in [6.45, 7) is 6.56. The van der Waals surface area contributed by atoms with Crippen molar-refractivity contribution in [3.63, 3.8) is 0 Å². The molecule has 0 bridgehead atoms. The Morgan fingerprint density at radius 3 is 3.00 bits per heavy atom. The van der Waals surface area contributed by atoms with E-state index in [-0.39, 0.29) is 6.04 Å². The smallest absolute Gasteiger partial charge is 0.124 e. The monoisotopic (exact) mass is 307 g/mol. The lowest BCUT2D eigenvalue weighted by Crippen LogP contribution is -2.20. The van der Waals surface area contributed by atoms with E-state index in [0.29, 0.717) is 6.61 Å². The molecule has 114 valence electrons. The summed E-state index contributed by atoms with van der Waals surface area (Å²) >= 11 is 6.11. The Labute approximate surface area is 131 Å². The summed E-state index contributed by atoms with van der Waals surface area (Å²) < 4.78 is 7.76. The molecular formula is C16H22ClN3O. The van der Waals surface area contributed by atoms with Gasteiger partial charge in [-0.2, -0.15) is 5.10 Å². The standard InChI is InChI=1S/C16H22ClN3O/c1-3-7-18-13(2)15-12-14(17)5-6-16(15)21-11-10-20-9-4-8-19-20/h4-6,8-9,12-13,18H,3,7,10-11H2,1-2H3. The fraction of sp³-hybridized carbons (Fsp3) is 0.438. The minimum Gasteiger partial charge on any atom is -0.491 e. The number of hydrogen-bond donors (Lipinski definition) is 1. The van der Waals surface area contributed by atoms with Gasteiger partial charge >= 0.3 is 0 Å². The molecule has 0 aliphatic heterocycles. The molecule has 1 unspecified atom stereocenters. The first kappa shape index (κ1) is 15.9. The van der Waals surface area contributed by atoms with Gasteiger partial charge in [0.05, 0.1) is 6.54 Å². The number of nitrogens with one attached hydrogen (secondary N) is 1. The Morgan fingerprint density at radius 2 is 2.29 bits per heavy atom. The van der Waals surface area contributed by atoms with Crippen LogP contribution in [-0.4, -0.2) is 22.9 Å². The van der Waals surface area contributed by atoms with Crippen molar-refractivity contribution < 1.29 is 4.74 Å². The van der Waals surface area contributed by atoms with Crippen LogP contribution in [0.3, 0.4) is 0 Å². The number of nitrogens with zero attached hydrogens (tertiary/aromatic N) is 2. The minimum absolute atomic E-state index is 0.211. The molecule has 0 amide bonds. The van der Waals surface area contributed by atoms with E-state index in [1.165, 1.54) is 0 Å². The van der Waals surface area contributed by atoms with Gasteiger partial charge in [0.2, 0.25) is 0 Å². The van der Waals surface area contributed by atoms with Crippen molar-refractivity contribution in [2.75, 3.05) is 13.2 Å². The molecule has 0 saturated heterocycles. The molecule has 0 aliphatic rings. The molecule has 2 aromatic rings. The van der Waals surface area contributed by atoms with Gasteiger partial charge in [-0.25, -0.2) is 0 Å². The molecule has 1 aromatic heterocycles. The lowest BCUT2D eigenvalue weighted by molar-refractivity contribution is 0.286. The highest BCUT2D eigenvalue weighted by molar-refractivity contribution is 6.30. The summed E-state index contributed by atoms with van der Waals surface area (Å²) in [5.41, 5.74) is 1.09. The molecule has 5 heteroatoms. The van der Waals surface area contributed by atoms with Gasteiger partial charge in [0, 0.05) is 29.0 Å². The van der Waals surface area contributed by atoms with Crippen LogP contribution in [0.2, 0.25) is 5.02 Å². The second-order valence-electron chi connectivity index (χ2n) is 4.98. The molecule has 1 atom stereocenters. The Bertz CT molecular complexity index is 542. The van der Waals surface area contributed by atoms with Gasteiger partial charge in [-0.05, 0) is 44.2 Å². The molecular weight excluding hydrogens is 286 g/mol. The summed E-state index contributed by atoms with van der Waals surface area (Å²) in [6, 6.07) is 7.89. The zero-order chi connectivity index (χ0) is 15.1. The van der Waals surface area contributed by atoms with E-state index in [4.69, 9.17) is 16.3 Å². The third-order valence-electron chi connectivity index (χ3n) is 3.28. The average molecular weight is 308 g/mol. The normalized spacial score (nSPS) is 12.3. The number of hydrogen-bond acceptors (Lipinski definition) is 3. The zero-order valence-corrected chi connectivity index (χ0v) is 13.3. The van der Waals surface area contributed by atoms with Crippen molar-refractivity contribution in [2.24, 2.45) is 0 Å². The Morgan fingerprint density at radius 1 is 1.43 bits per heavy atom. The van der Waals surface area contributed by atoms with Crippen LogP contribution in [0, 0.1) is 0 Å². The largest absolute Gasteiger partial charge is 0.491 e.